The number of ether oxygens (including phenoxy) is 1. The van der Waals surface area contributed by atoms with Crippen LogP contribution >= 0.6 is 0 Å². The van der Waals surface area contributed by atoms with Gasteiger partial charge in [-0.15, -0.1) is 0 Å². The van der Waals surface area contributed by atoms with Crippen LogP contribution in [0.15, 0.2) is 72.8 Å². The Morgan fingerprint density at radius 2 is 1.76 bits per heavy atom. The number of fused-ring (bicyclic) bond motifs is 1. The molecule has 0 saturated carbocycles. The SMILES string of the molecule is CN[C@H]1CCc2ccc(CCCC(NC(=O)c3ccc(-c4ccccc4)cc3)OC)cc2C1. The lowest BCUT2D eigenvalue weighted by molar-refractivity contribution is 0.0530. The third kappa shape index (κ3) is 6.10. The highest BCUT2D eigenvalue weighted by Crippen LogP contribution is 2.24. The molecule has 0 fully saturated rings. The predicted octanol–water partition coefficient (Wildman–Crippen LogP) is 5.16. The van der Waals surface area contributed by atoms with Gasteiger partial charge in [0.05, 0.1) is 0 Å². The number of hydrogen-bond donors (Lipinski definition) is 2. The quantitative estimate of drug-likeness (QED) is 0.450. The van der Waals surface area contributed by atoms with Crippen molar-refractivity contribution < 1.29 is 9.53 Å². The molecule has 1 amide bonds. The van der Waals surface area contributed by atoms with Crippen molar-refractivity contribution in [3.8, 4) is 11.1 Å². The van der Waals surface area contributed by atoms with Gasteiger partial charge in [-0.25, -0.2) is 0 Å². The largest absolute Gasteiger partial charge is 0.362 e. The first-order chi connectivity index (χ1) is 16.2. The molecule has 1 aliphatic rings. The van der Waals surface area contributed by atoms with Gasteiger partial charge >= 0.3 is 0 Å². The lowest BCUT2D eigenvalue weighted by Gasteiger charge is -2.24. The molecule has 1 aliphatic carbocycles. The number of methoxy groups -OCH3 is 1. The highest BCUT2D eigenvalue weighted by molar-refractivity contribution is 5.94. The number of carbonyl (C=O) groups excluding carboxylic acids is 1. The fraction of sp³-hybridized carbons (Fsp3) is 0.345. The van der Waals surface area contributed by atoms with Gasteiger partial charge in [0.25, 0.3) is 5.91 Å². The zero-order valence-corrected chi connectivity index (χ0v) is 19.6. The minimum atomic E-state index is -0.294. The van der Waals surface area contributed by atoms with Crippen molar-refractivity contribution in [3.63, 3.8) is 0 Å². The molecule has 3 aromatic carbocycles. The number of aryl methyl sites for hydroxylation is 2. The molecule has 1 unspecified atom stereocenters. The molecule has 2 atom stereocenters. The Labute approximate surface area is 197 Å². The minimum absolute atomic E-state index is 0.103. The molecule has 4 rings (SSSR count). The van der Waals surface area contributed by atoms with Crippen molar-refractivity contribution in [2.24, 2.45) is 0 Å². The Kier molecular flexibility index (Phi) is 7.92. The van der Waals surface area contributed by atoms with E-state index in [0.717, 1.165) is 43.2 Å². The van der Waals surface area contributed by atoms with Crippen LogP contribution in [0, 0.1) is 0 Å². The maximum absolute atomic E-state index is 12.7. The van der Waals surface area contributed by atoms with Gasteiger partial charge in [-0.1, -0.05) is 60.7 Å². The number of amides is 1. The van der Waals surface area contributed by atoms with E-state index >= 15 is 0 Å². The number of rotatable bonds is 9. The fourth-order valence-corrected chi connectivity index (χ4v) is 4.63. The van der Waals surface area contributed by atoms with Gasteiger partial charge in [-0.3, -0.25) is 4.79 Å². The zero-order valence-electron chi connectivity index (χ0n) is 19.6. The number of hydrogen-bond acceptors (Lipinski definition) is 3. The summed E-state index contributed by atoms with van der Waals surface area (Å²) in [6.07, 6.45) is 5.91. The first-order valence-corrected chi connectivity index (χ1v) is 11.9. The maximum Gasteiger partial charge on any atom is 0.253 e. The van der Waals surface area contributed by atoms with Gasteiger partial charge in [0.2, 0.25) is 0 Å². The molecule has 4 heteroatoms. The normalized spacial score (nSPS) is 16.1. The van der Waals surface area contributed by atoms with Crippen LogP contribution in [0.5, 0.6) is 0 Å². The van der Waals surface area contributed by atoms with Crippen LogP contribution in [0.3, 0.4) is 0 Å². The summed E-state index contributed by atoms with van der Waals surface area (Å²) in [6, 6.07) is 25.4. The molecule has 0 radical (unpaired) electrons. The molecule has 4 nitrogen and oxygen atoms in total. The van der Waals surface area contributed by atoms with E-state index in [0.29, 0.717) is 11.6 Å². The van der Waals surface area contributed by atoms with Crippen LogP contribution in [-0.4, -0.2) is 32.3 Å². The van der Waals surface area contributed by atoms with E-state index in [9.17, 15) is 4.79 Å². The number of carbonyl (C=O) groups is 1. The molecule has 172 valence electrons. The average molecular weight is 443 g/mol. The predicted molar refractivity (Wildman–Crippen MR) is 134 cm³/mol. The van der Waals surface area contributed by atoms with Crippen molar-refractivity contribution in [2.75, 3.05) is 14.2 Å². The number of nitrogens with one attached hydrogen (secondary N) is 2. The number of likely N-dealkylation sites (N-methyl/N-ethyl adjacent to an activating group) is 1. The van der Waals surface area contributed by atoms with Gasteiger partial charge in [0.15, 0.2) is 0 Å². The standard InChI is InChI=1S/C29H34N2O2/c1-30-27-18-17-24-12-11-21(19-26(24)20-27)7-6-10-28(33-2)31-29(32)25-15-13-23(14-16-25)22-8-4-3-5-9-22/h3-5,8-9,11-16,19,27-28,30H,6-7,10,17-18,20H2,1-2H3,(H,31,32)/t27-,28?/m0/s1. The number of benzene rings is 3. The van der Waals surface area contributed by atoms with Crippen molar-refractivity contribution in [3.05, 3.63) is 95.1 Å². The Morgan fingerprint density at radius 1 is 1.00 bits per heavy atom. The smallest absolute Gasteiger partial charge is 0.253 e. The summed E-state index contributed by atoms with van der Waals surface area (Å²) >= 11 is 0. The molecule has 0 spiro atoms. The van der Waals surface area contributed by atoms with Gasteiger partial charge in [0.1, 0.15) is 6.23 Å². The van der Waals surface area contributed by atoms with Crippen molar-refractivity contribution >= 4 is 5.91 Å². The van der Waals surface area contributed by atoms with Crippen LogP contribution in [0.1, 0.15) is 46.3 Å². The summed E-state index contributed by atoms with van der Waals surface area (Å²) in [4.78, 5) is 12.7. The van der Waals surface area contributed by atoms with Crippen LogP contribution in [-0.2, 0) is 24.0 Å². The second-order valence-corrected chi connectivity index (χ2v) is 8.86. The van der Waals surface area contributed by atoms with Crippen molar-refractivity contribution in [1.82, 2.24) is 10.6 Å². The first kappa shape index (κ1) is 23.2. The lowest BCUT2D eigenvalue weighted by atomic mass is 9.86. The van der Waals surface area contributed by atoms with Crippen LogP contribution in [0.2, 0.25) is 0 Å². The second kappa shape index (κ2) is 11.3. The Morgan fingerprint density at radius 3 is 2.48 bits per heavy atom. The fourth-order valence-electron chi connectivity index (χ4n) is 4.63. The van der Waals surface area contributed by atoms with E-state index in [1.54, 1.807) is 7.11 Å². The monoisotopic (exact) mass is 442 g/mol. The van der Waals surface area contributed by atoms with Crippen molar-refractivity contribution in [2.45, 2.75) is 50.8 Å². The molecule has 0 heterocycles. The average Bonchev–Trinajstić information content (AvgIpc) is 2.88. The van der Waals surface area contributed by atoms with E-state index in [-0.39, 0.29) is 12.1 Å². The Balaban J connectivity index is 1.28. The molecule has 0 aromatic heterocycles. The summed E-state index contributed by atoms with van der Waals surface area (Å²) in [7, 11) is 3.70. The van der Waals surface area contributed by atoms with Gasteiger partial charge < -0.3 is 15.4 Å². The zero-order chi connectivity index (χ0) is 23.0. The summed E-state index contributed by atoms with van der Waals surface area (Å²) in [5, 5.41) is 6.44. The minimum Gasteiger partial charge on any atom is -0.362 e. The molecule has 33 heavy (non-hydrogen) atoms. The van der Waals surface area contributed by atoms with Crippen LogP contribution < -0.4 is 10.6 Å². The Bertz CT molecular complexity index is 1050. The first-order valence-electron chi connectivity index (χ1n) is 11.9. The topological polar surface area (TPSA) is 50.4 Å². The van der Waals surface area contributed by atoms with E-state index in [1.165, 1.54) is 23.1 Å². The third-order valence-corrected chi connectivity index (χ3v) is 6.67. The van der Waals surface area contributed by atoms with E-state index in [2.05, 4.69) is 48.0 Å². The summed E-state index contributed by atoms with van der Waals surface area (Å²) in [5.41, 5.74) is 7.22. The van der Waals surface area contributed by atoms with Crippen molar-refractivity contribution in [1.29, 1.82) is 0 Å². The molecular weight excluding hydrogens is 408 g/mol. The van der Waals surface area contributed by atoms with E-state index in [4.69, 9.17) is 4.74 Å². The van der Waals surface area contributed by atoms with Gasteiger partial charge in [-0.2, -0.15) is 0 Å². The third-order valence-electron chi connectivity index (χ3n) is 6.67. The lowest BCUT2D eigenvalue weighted by Crippen LogP contribution is -2.36. The van der Waals surface area contributed by atoms with E-state index < -0.39 is 0 Å². The summed E-state index contributed by atoms with van der Waals surface area (Å²) < 4.78 is 5.55. The molecule has 3 aromatic rings. The molecular formula is C29H34N2O2. The highest BCUT2D eigenvalue weighted by atomic mass is 16.5. The summed E-state index contributed by atoms with van der Waals surface area (Å²) in [5.74, 6) is -0.103. The molecule has 0 bridgehead atoms. The molecule has 0 aliphatic heterocycles. The van der Waals surface area contributed by atoms with Crippen LogP contribution in [0.4, 0.5) is 0 Å². The summed E-state index contributed by atoms with van der Waals surface area (Å²) in [6.45, 7) is 0. The van der Waals surface area contributed by atoms with Crippen LogP contribution in [0.25, 0.3) is 11.1 Å². The maximum atomic E-state index is 12.7. The Hall–Kier alpha value is -2.95. The molecule has 0 saturated heterocycles. The second-order valence-electron chi connectivity index (χ2n) is 8.86. The van der Waals surface area contributed by atoms with E-state index in [1.807, 2.05) is 42.5 Å². The molecule has 2 N–H and O–H groups in total. The van der Waals surface area contributed by atoms with Gasteiger partial charge in [-0.05, 0) is 85.5 Å². The highest BCUT2D eigenvalue weighted by Gasteiger charge is 2.18. The van der Waals surface area contributed by atoms with Gasteiger partial charge in [0, 0.05) is 18.7 Å².